The van der Waals surface area contributed by atoms with E-state index in [1.807, 2.05) is 31.2 Å². The number of rotatable bonds is 5. The first-order valence-corrected chi connectivity index (χ1v) is 7.41. The number of benzene rings is 1. The van der Waals surface area contributed by atoms with E-state index in [9.17, 15) is 0 Å². The predicted octanol–water partition coefficient (Wildman–Crippen LogP) is 3.46. The Bertz CT molecular complexity index is 551. The minimum atomic E-state index is -0.176. The molecule has 1 heterocycles. The van der Waals surface area contributed by atoms with Crippen molar-refractivity contribution < 1.29 is 4.74 Å². The van der Waals surface area contributed by atoms with Gasteiger partial charge < -0.3 is 10.5 Å². The van der Waals surface area contributed by atoms with E-state index < -0.39 is 0 Å². The first-order chi connectivity index (χ1) is 9.15. The summed E-state index contributed by atoms with van der Waals surface area (Å²) >= 11 is 1.68. The summed E-state index contributed by atoms with van der Waals surface area (Å²) in [6, 6.07) is 7.77. The molecule has 0 aliphatic heterocycles. The zero-order chi connectivity index (χ0) is 13.8. The SMILES string of the molecule is CCOc1cccc(C(N)c2nc(CC)c(C)s2)c1. The molecule has 4 heteroatoms. The average molecular weight is 276 g/mol. The first-order valence-electron chi connectivity index (χ1n) is 6.60. The van der Waals surface area contributed by atoms with Crippen LogP contribution >= 0.6 is 11.3 Å². The summed E-state index contributed by atoms with van der Waals surface area (Å²) in [6.45, 7) is 6.86. The molecule has 102 valence electrons. The van der Waals surface area contributed by atoms with Crippen LogP contribution in [0.4, 0.5) is 0 Å². The molecule has 0 amide bonds. The number of aromatic nitrogens is 1. The number of aryl methyl sites for hydroxylation is 2. The Morgan fingerprint density at radius 3 is 2.79 bits per heavy atom. The molecular weight excluding hydrogens is 256 g/mol. The van der Waals surface area contributed by atoms with Gasteiger partial charge >= 0.3 is 0 Å². The van der Waals surface area contributed by atoms with E-state index in [4.69, 9.17) is 10.5 Å². The highest BCUT2D eigenvalue weighted by Crippen LogP contribution is 2.28. The van der Waals surface area contributed by atoms with Crippen LogP contribution < -0.4 is 10.5 Å². The number of nitrogens with two attached hydrogens (primary N) is 1. The predicted molar refractivity (Wildman–Crippen MR) is 79.9 cm³/mol. The number of nitrogens with zero attached hydrogens (tertiary/aromatic N) is 1. The van der Waals surface area contributed by atoms with Crippen molar-refractivity contribution in [3.8, 4) is 5.75 Å². The highest BCUT2D eigenvalue weighted by molar-refractivity contribution is 7.11. The van der Waals surface area contributed by atoms with Crippen molar-refractivity contribution >= 4 is 11.3 Å². The molecule has 1 aromatic heterocycles. The third kappa shape index (κ3) is 3.14. The molecule has 0 spiro atoms. The standard InChI is InChI=1S/C15H20N2OS/c1-4-13-10(3)19-15(17-13)14(16)11-7-6-8-12(9-11)18-5-2/h6-9,14H,4-5,16H2,1-3H3. The number of hydrogen-bond donors (Lipinski definition) is 1. The zero-order valence-electron chi connectivity index (χ0n) is 11.6. The molecule has 2 rings (SSSR count). The monoisotopic (exact) mass is 276 g/mol. The van der Waals surface area contributed by atoms with Gasteiger partial charge in [0.25, 0.3) is 0 Å². The highest BCUT2D eigenvalue weighted by atomic mass is 32.1. The molecule has 1 aromatic carbocycles. The fourth-order valence-corrected chi connectivity index (χ4v) is 3.06. The lowest BCUT2D eigenvalue weighted by molar-refractivity contribution is 0.340. The van der Waals surface area contributed by atoms with Gasteiger partial charge in [0.1, 0.15) is 10.8 Å². The Kier molecular flexibility index (Phi) is 4.56. The van der Waals surface area contributed by atoms with Crippen molar-refractivity contribution in [3.63, 3.8) is 0 Å². The highest BCUT2D eigenvalue weighted by Gasteiger charge is 2.15. The Morgan fingerprint density at radius 1 is 1.37 bits per heavy atom. The molecule has 0 saturated heterocycles. The van der Waals surface area contributed by atoms with Gasteiger partial charge in [0.2, 0.25) is 0 Å². The van der Waals surface area contributed by atoms with Crippen LogP contribution in [0.2, 0.25) is 0 Å². The third-order valence-electron chi connectivity index (χ3n) is 3.04. The van der Waals surface area contributed by atoms with Crippen molar-refractivity contribution in [2.75, 3.05) is 6.61 Å². The van der Waals surface area contributed by atoms with Gasteiger partial charge in [-0.05, 0) is 38.0 Å². The number of ether oxygens (including phenoxy) is 1. The fraction of sp³-hybridized carbons (Fsp3) is 0.400. The second-order valence-electron chi connectivity index (χ2n) is 4.39. The fourth-order valence-electron chi connectivity index (χ4n) is 2.02. The van der Waals surface area contributed by atoms with Gasteiger partial charge in [-0.1, -0.05) is 19.1 Å². The first kappa shape index (κ1) is 14.0. The lowest BCUT2D eigenvalue weighted by Crippen LogP contribution is -2.11. The van der Waals surface area contributed by atoms with Crippen molar-refractivity contribution in [2.45, 2.75) is 33.2 Å². The summed E-state index contributed by atoms with van der Waals surface area (Å²) in [5.41, 5.74) is 8.50. The van der Waals surface area contributed by atoms with Crippen molar-refractivity contribution in [1.29, 1.82) is 0 Å². The normalized spacial score (nSPS) is 12.4. The minimum absolute atomic E-state index is 0.176. The third-order valence-corrected chi connectivity index (χ3v) is 4.13. The summed E-state index contributed by atoms with van der Waals surface area (Å²) < 4.78 is 5.51. The van der Waals surface area contributed by atoms with Gasteiger partial charge in [-0.3, -0.25) is 0 Å². The molecule has 2 aromatic rings. The van der Waals surface area contributed by atoms with Crippen LogP contribution in [-0.2, 0) is 6.42 Å². The summed E-state index contributed by atoms with van der Waals surface area (Å²) in [4.78, 5) is 5.89. The second kappa shape index (κ2) is 6.17. The van der Waals surface area contributed by atoms with Gasteiger partial charge in [-0.15, -0.1) is 11.3 Å². The van der Waals surface area contributed by atoms with E-state index in [1.165, 1.54) is 4.88 Å². The van der Waals surface area contributed by atoms with E-state index in [1.54, 1.807) is 11.3 Å². The van der Waals surface area contributed by atoms with Crippen molar-refractivity contribution in [1.82, 2.24) is 4.98 Å². The second-order valence-corrected chi connectivity index (χ2v) is 5.63. The molecular formula is C15H20N2OS. The molecule has 0 aliphatic rings. The van der Waals surface area contributed by atoms with Gasteiger partial charge in [0.05, 0.1) is 18.3 Å². The van der Waals surface area contributed by atoms with E-state index in [-0.39, 0.29) is 6.04 Å². The molecule has 2 N–H and O–H groups in total. The summed E-state index contributed by atoms with van der Waals surface area (Å²) in [5, 5.41) is 0.975. The van der Waals surface area contributed by atoms with Gasteiger partial charge in [0, 0.05) is 4.88 Å². The molecule has 1 unspecified atom stereocenters. The molecule has 0 bridgehead atoms. The van der Waals surface area contributed by atoms with Crippen molar-refractivity contribution in [3.05, 3.63) is 45.4 Å². The largest absolute Gasteiger partial charge is 0.494 e. The Labute approximate surface area is 118 Å². The molecule has 0 radical (unpaired) electrons. The molecule has 0 fully saturated rings. The van der Waals surface area contributed by atoms with Crippen LogP contribution in [0.25, 0.3) is 0 Å². The Balaban J connectivity index is 2.27. The van der Waals surface area contributed by atoms with Crippen LogP contribution in [0.3, 0.4) is 0 Å². The Hall–Kier alpha value is -1.39. The smallest absolute Gasteiger partial charge is 0.119 e. The maximum atomic E-state index is 6.31. The number of hydrogen-bond acceptors (Lipinski definition) is 4. The Morgan fingerprint density at radius 2 is 2.16 bits per heavy atom. The summed E-state index contributed by atoms with van der Waals surface area (Å²) in [7, 11) is 0. The van der Waals surface area contributed by atoms with E-state index >= 15 is 0 Å². The minimum Gasteiger partial charge on any atom is -0.494 e. The number of thiazole rings is 1. The summed E-state index contributed by atoms with van der Waals surface area (Å²) in [5.74, 6) is 0.861. The average Bonchev–Trinajstić information content (AvgIpc) is 2.80. The van der Waals surface area contributed by atoms with Crippen LogP contribution in [0.5, 0.6) is 5.75 Å². The molecule has 0 saturated carbocycles. The lowest BCUT2D eigenvalue weighted by Gasteiger charge is -2.11. The molecule has 1 atom stereocenters. The molecule has 0 aliphatic carbocycles. The van der Waals surface area contributed by atoms with E-state index in [0.717, 1.165) is 28.4 Å². The van der Waals surface area contributed by atoms with Gasteiger partial charge in [-0.2, -0.15) is 0 Å². The zero-order valence-corrected chi connectivity index (χ0v) is 12.5. The lowest BCUT2D eigenvalue weighted by atomic mass is 10.1. The topological polar surface area (TPSA) is 48.1 Å². The van der Waals surface area contributed by atoms with Crippen LogP contribution in [-0.4, -0.2) is 11.6 Å². The van der Waals surface area contributed by atoms with E-state index in [0.29, 0.717) is 6.61 Å². The van der Waals surface area contributed by atoms with Gasteiger partial charge in [-0.25, -0.2) is 4.98 Å². The van der Waals surface area contributed by atoms with Gasteiger partial charge in [0.15, 0.2) is 0 Å². The maximum absolute atomic E-state index is 6.31. The van der Waals surface area contributed by atoms with E-state index in [2.05, 4.69) is 18.8 Å². The van der Waals surface area contributed by atoms with Crippen molar-refractivity contribution in [2.24, 2.45) is 5.73 Å². The van der Waals surface area contributed by atoms with Crippen LogP contribution in [0.15, 0.2) is 24.3 Å². The van der Waals surface area contributed by atoms with Crippen LogP contribution in [0.1, 0.15) is 41.0 Å². The maximum Gasteiger partial charge on any atom is 0.119 e. The molecule has 19 heavy (non-hydrogen) atoms. The molecule has 3 nitrogen and oxygen atoms in total. The van der Waals surface area contributed by atoms with Crippen LogP contribution in [0, 0.1) is 6.92 Å². The summed E-state index contributed by atoms with van der Waals surface area (Å²) in [6.07, 6.45) is 0.952. The quantitative estimate of drug-likeness (QED) is 0.909.